The lowest BCUT2D eigenvalue weighted by atomic mass is 10.00. The van der Waals surface area contributed by atoms with E-state index in [0.29, 0.717) is 17.9 Å². The second-order valence-corrected chi connectivity index (χ2v) is 8.16. The minimum absolute atomic E-state index is 0. The van der Waals surface area contributed by atoms with E-state index in [1.807, 2.05) is 19.0 Å². The lowest BCUT2D eigenvalue weighted by Crippen LogP contribution is -2.24. The summed E-state index contributed by atoms with van der Waals surface area (Å²) in [7, 11) is -0.0583. The first kappa shape index (κ1) is 21.2. The molecule has 0 atom stereocenters. The number of hydrogen-bond acceptors (Lipinski definition) is 6. The number of amidine groups is 1. The Bertz CT molecular complexity index is 1050. The van der Waals surface area contributed by atoms with Gasteiger partial charge in [-0.2, -0.15) is 0 Å². The van der Waals surface area contributed by atoms with Crippen molar-refractivity contribution in [2.24, 2.45) is 4.99 Å². The lowest BCUT2D eigenvalue weighted by molar-refractivity contribution is 0.103. The minimum atomic E-state index is -3.75. The van der Waals surface area contributed by atoms with Crippen LogP contribution in [0.25, 0.3) is 0 Å². The van der Waals surface area contributed by atoms with E-state index in [9.17, 15) is 13.2 Å². The highest BCUT2D eigenvalue weighted by atomic mass is 35.5. The van der Waals surface area contributed by atoms with Gasteiger partial charge in [0.2, 0.25) is 9.84 Å². The number of hydrogen-bond donors (Lipinski definition) is 1. The summed E-state index contributed by atoms with van der Waals surface area (Å²) >= 11 is 0. The van der Waals surface area contributed by atoms with Gasteiger partial charge in [-0.15, -0.1) is 24.8 Å². The van der Waals surface area contributed by atoms with E-state index < -0.39 is 9.84 Å². The summed E-state index contributed by atoms with van der Waals surface area (Å²) in [6, 6.07) is 9.72. The Morgan fingerprint density at radius 2 is 1.74 bits per heavy atom. The fourth-order valence-corrected chi connectivity index (χ4v) is 4.80. The molecule has 0 unspecified atom stereocenters. The Hall–Kier alpha value is -2.09. The van der Waals surface area contributed by atoms with Crippen LogP contribution in [-0.4, -0.2) is 47.2 Å². The normalized spacial score (nSPS) is 16.1. The van der Waals surface area contributed by atoms with Crippen LogP contribution in [0, 0.1) is 0 Å². The van der Waals surface area contributed by atoms with Crippen molar-refractivity contribution in [2.75, 3.05) is 32.1 Å². The van der Waals surface area contributed by atoms with Gasteiger partial charge in [0.15, 0.2) is 5.78 Å². The number of aliphatic imine (C=N–C) groups is 1. The molecular formula is C18H19Cl2N3O3S. The van der Waals surface area contributed by atoms with Gasteiger partial charge in [0.25, 0.3) is 0 Å². The van der Waals surface area contributed by atoms with E-state index >= 15 is 0 Å². The number of ketones is 1. The molecule has 0 radical (unpaired) electrons. The Kier molecular flexibility index (Phi) is 5.89. The van der Waals surface area contributed by atoms with Crippen LogP contribution in [0.15, 0.2) is 51.2 Å². The zero-order valence-electron chi connectivity index (χ0n) is 14.7. The van der Waals surface area contributed by atoms with Crippen molar-refractivity contribution >= 4 is 52.0 Å². The number of rotatable bonds is 2. The molecule has 2 aliphatic heterocycles. The fourth-order valence-electron chi connectivity index (χ4n) is 3.14. The second-order valence-electron chi connectivity index (χ2n) is 6.28. The number of nitrogens with one attached hydrogen (secondary N) is 1. The predicted octanol–water partition coefficient (Wildman–Crippen LogP) is 2.32. The molecule has 0 saturated heterocycles. The molecule has 1 N–H and O–H groups in total. The summed E-state index contributed by atoms with van der Waals surface area (Å²) in [4.78, 5) is 19.1. The molecule has 0 fully saturated rings. The molecule has 2 aromatic rings. The average Bonchev–Trinajstić information content (AvgIpc) is 3.13. The summed E-state index contributed by atoms with van der Waals surface area (Å²) in [5, 5.41) is 3.12. The minimum Gasteiger partial charge on any atom is -0.378 e. The topological polar surface area (TPSA) is 78.8 Å². The van der Waals surface area contributed by atoms with E-state index in [1.54, 1.807) is 30.3 Å². The summed E-state index contributed by atoms with van der Waals surface area (Å²) in [6.07, 6.45) is 0. The van der Waals surface area contributed by atoms with Gasteiger partial charge in [0, 0.05) is 43.0 Å². The van der Waals surface area contributed by atoms with Crippen LogP contribution < -0.4 is 10.2 Å². The molecule has 0 aliphatic carbocycles. The van der Waals surface area contributed by atoms with Crippen molar-refractivity contribution in [1.29, 1.82) is 0 Å². The number of benzene rings is 2. The van der Waals surface area contributed by atoms with Crippen molar-refractivity contribution in [3.63, 3.8) is 0 Å². The molecule has 9 heteroatoms. The standard InChI is InChI=1S/C18H17N3O3S.2ClH/c1-21(2)12-4-6-15-14(10-12)17(22)13-5-3-11(18-19-7-8-20-18)9-16(13)25(15,23)24;;/h3-6,9-10H,7-8H2,1-2H3,(H,19,20);2*1H. The highest BCUT2D eigenvalue weighted by molar-refractivity contribution is 7.91. The zero-order valence-corrected chi connectivity index (χ0v) is 17.2. The summed E-state index contributed by atoms with van der Waals surface area (Å²) in [5.74, 6) is 0.399. The van der Waals surface area contributed by atoms with Crippen molar-refractivity contribution in [3.05, 3.63) is 53.1 Å². The molecule has 0 amide bonds. The van der Waals surface area contributed by atoms with Gasteiger partial charge >= 0.3 is 0 Å². The number of nitrogens with zero attached hydrogens (tertiary/aromatic N) is 2. The zero-order chi connectivity index (χ0) is 17.8. The SMILES string of the molecule is CN(C)c1ccc2c(c1)C(=O)c1ccc(C3=NCCN3)cc1S2(=O)=O.Cl.Cl. The molecule has 0 saturated carbocycles. The first-order chi connectivity index (χ1) is 11.9. The van der Waals surface area contributed by atoms with Crippen LogP contribution in [0.3, 0.4) is 0 Å². The Labute approximate surface area is 170 Å². The molecule has 6 nitrogen and oxygen atoms in total. The fraction of sp³-hybridized carbons (Fsp3) is 0.222. The first-order valence-corrected chi connectivity index (χ1v) is 9.42. The van der Waals surface area contributed by atoms with Gasteiger partial charge in [-0.3, -0.25) is 9.79 Å². The third-order valence-corrected chi connectivity index (χ3v) is 6.33. The third-order valence-electron chi connectivity index (χ3n) is 4.48. The Balaban J connectivity index is 0.00000131. The third kappa shape index (κ3) is 3.31. The van der Waals surface area contributed by atoms with Crippen LogP contribution in [0.5, 0.6) is 0 Å². The molecule has 0 spiro atoms. The van der Waals surface area contributed by atoms with Gasteiger partial charge in [0.05, 0.1) is 16.3 Å². The van der Waals surface area contributed by atoms with Crippen molar-refractivity contribution in [3.8, 4) is 0 Å². The predicted molar refractivity (Wildman–Crippen MR) is 110 cm³/mol. The Morgan fingerprint density at radius 3 is 2.37 bits per heavy atom. The number of sulfone groups is 1. The summed E-state index contributed by atoms with van der Waals surface area (Å²) < 4.78 is 26.1. The van der Waals surface area contributed by atoms with Crippen LogP contribution in [0.2, 0.25) is 0 Å². The number of halogens is 2. The van der Waals surface area contributed by atoms with Crippen molar-refractivity contribution in [1.82, 2.24) is 5.32 Å². The maximum Gasteiger partial charge on any atom is 0.208 e. The highest BCUT2D eigenvalue weighted by Gasteiger charge is 2.35. The van der Waals surface area contributed by atoms with E-state index in [-0.39, 0.29) is 51.5 Å². The molecule has 2 heterocycles. The quantitative estimate of drug-likeness (QED) is 0.678. The smallest absolute Gasteiger partial charge is 0.208 e. The first-order valence-electron chi connectivity index (χ1n) is 7.93. The van der Waals surface area contributed by atoms with E-state index in [4.69, 9.17) is 0 Å². The van der Waals surface area contributed by atoms with Gasteiger partial charge in [-0.05, 0) is 30.3 Å². The molecule has 27 heavy (non-hydrogen) atoms. The maximum absolute atomic E-state index is 13.1. The second kappa shape index (κ2) is 7.50. The Morgan fingerprint density at radius 1 is 1.00 bits per heavy atom. The van der Waals surface area contributed by atoms with Crippen LogP contribution in [0.1, 0.15) is 21.5 Å². The molecule has 0 bridgehead atoms. The van der Waals surface area contributed by atoms with E-state index in [1.165, 1.54) is 6.07 Å². The molecule has 2 aromatic carbocycles. The van der Waals surface area contributed by atoms with Crippen molar-refractivity contribution < 1.29 is 13.2 Å². The number of fused-ring (bicyclic) bond motifs is 2. The molecule has 4 rings (SSSR count). The van der Waals surface area contributed by atoms with Crippen molar-refractivity contribution in [2.45, 2.75) is 9.79 Å². The molecular weight excluding hydrogens is 409 g/mol. The monoisotopic (exact) mass is 427 g/mol. The van der Waals surface area contributed by atoms with Gasteiger partial charge < -0.3 is 10.2 Å². The average molecular weight is 428 g/mol. The molecule has 2 aliphatic rings. The summed E-state index contributed by atoms with van der Waals surface area (Å²) in [6.45, 7) is 1.39. The number of anilines is 1. The van der Waals surface area contributed by atoms with E-state index in [2.05, 4.69) is 10.3 Å². The van der Waals surface area contributed by atoms with Crippen LogP contribution >= 0.6 is 24.8 Å². The maximum atomic E-state index is 13.1. The molecule has 144 valence electrons. The van der Waals surface area contributed by atoms with E-state index in [0.717, 1.165) is 12.2 Å². The van der Waals surface area contributed by atoms with Gasteiger partial charge in [-0.1, -0.05) is 6.07 Å². The largest absolute Gasteiger partial charge is 0.378 e. The summed E-state index contributed by atoms with van der Waals surface area (Å²) in [5.41, 5.74) is 1.90. The van der Waals surface area contributed by atoms with Gasteiger partial charge in [0.1, 0.15) is 5.84 Å². The molecule has 0 aromatic heterocycles. The number of carbonyl (C=O) groups is 1. The highest BCUT2D eigenvalue weighted by Crippen LogP contribution is 2.36. The lowest BCUT2D eigenvalue weighted by Gasteiger charge is -2.22. The number of carbonyl (C=O) groups excluding carboxylic acids is 1. The van der Waals surface area contributed by atoms with Gasteiger partial charge in [-0.25, -0.2) is 8.42 Å². The van der Waals surface area contributed by atoms with Crippen LogP contribution in [0.4, 0.5) is 5.69 Å². The van der Waals surface area contributed by atoms with Crippen LogP contribution in [-0.2, 0) is 9.84 Å².